The van der Waals surface area contributed by atoms with E-state index in [2.05, 4.69) is 18.3 Å². The van der Waals surface area contributed by atoms with Crippen LogP contribution < -0.4 is 10.1 Å². The third kappa shape index (κ3) is 5.61. The summed E-state index contributed by atoms with van der Waals surface area (Å²) in [7, 11) is 3.54. The first-order valence-electron chi connectivity index (χ1n) is 7.25. The molecule has 0 aliphatic rings. The summed E-state index contributed by atoms with van der Waals surface area (Å²) in [5, 5.41) is 3.20. The Hall–Kier alpha value is -1.55. The summed E-state index contributed by atoms with van der Waals surface area (Å²) in [6.45, 7) is 4.14. The lowest BCUT2D eigenvalue weighted by molar-refractivity contribution is -0.129. The molecule has 0 unspecified atom stereocenters. The van der Waals surface area contributed by atoms with E-state index in [1.54, 1.807) is 12.0 Å². The normalized spacial score (nSPS) is 10.3. The van der Waals surface area contributed by atoms with Crippen molar-refractivity contribution in [3.05, 3.63) is 29.8 Å². The molecule has 0 radical (unpaired) electrons. The molecule has 0 fully saturated rings. The van der Waals surface area contributed by atoms with Crippen LogP contribution in [0.2, 0.25) is 0 Å². The molecule has 0 aliphatic carbocycles. The number of ether oxygens (including phenoxy) is 1. The Bertz CT molecular complexity index is 407. The Kier molecular flexibility index (Phi) is 7.73. The molecule has 112 valence electrons. The summed E-state index contributed by atoms with van der Waals surface area (Å²) >= 11 is 0. The van der Waals surface area contributed by atoms with Crippen LogP contribution in [0.1, 0.15) is 25.3 Å². The lowest BCUT2D eigenvalue weighted by Crippen LogP contribution is -2.36. The Morgan fingerprint density at radius 1 is 1.35 bits per heavy atom. The number of carbonyl (C=O) groups is 1. The molecule has 0 aliphatic heterocycles. The highest BCUT2D eigenvalue weighted by Crippen LogP contribution is 2.17. The molecule has 1 aromatic rings. The summed E-state index contributed by atoms with van der Waals surface area (Å²) in [5.74, 6) is 1.05. The number of unbranched alkanes of at least 4 members (excludes halogenated alkanes) is 1. The number of nitrogens with one attached hydrogen (secondary N) is 1. The van der Waals surface area contributed by atoms with Gasteiger partial charge in [-0.05, 0) is 31.0 Å². The Balaban J connectivity index is 2.26. The van der Waals surface area contributed by atoms with Gasteiger partial charge in [0.1, 0.15) is 5.75 Å². The van der Waals surface area contributed by atoms with Crippen molar-refractivity contribution in [1.29, 1.82) is 0 Å². The second kappa shape index (κ2) is 9.37. The lowest BCUT2D eigenvalue weighted by atomic mass is 10.1. The van der Waals surface area contributed by atoms with Gasteiger partial charge in [-0.15, -0.1) is 0 Å². The van der Waals surface area contributed by atoms with Crippen molar-refractivity contribution in [2.75, 3.05) is 33.8 Å². The third-order valence-electron chi connectivity index (χ3n) is 3.31. The molecule has 0 saturated carbocycles. The molecule has 0 aromatic heterocycles. The van der Waals surface area contributed by atoms with E-state index in [9.17, 15) is 4.79 Å². The quantitative estimate of drug-likeness (QED) is 0.703. The first kappa shape index (κ1) is 16.5. The second-order valence-electron chi connectivity index (χ2n) is 4.91. The fourth-order valence-electron chi connectivity index (χ4n) is 1.98. The Morgan fingerprint density at radius 3 is 2.80 bits per heavy atom. The van der Waals surface area contributed by atoms with E-state index in [0.717, 1.165) is 43.7 Å². The van der Waals surface area contributed by atoms with Crippen LogP contribution in [-0.2, 0) is 11.2 Å². The first-order valence-corrected chi connectivity index (χ1v) is 7.25. The number of para-hydroxylation sites is 1. The molecule has 0 spiro atoms. The molecule has 0 heterocycles. The number of rotatable bonds is 9. The van der Waals surface area contributed by atoms with Crippen molar-refractivity contribution >= 4 is 5.91 Å². The standard InChI is InChI=1S/C16H26N2O2/c1-4-5-12-18(2)16(19)13-17-11-10-14-8-6-7-9-15(14)20-3/h6-9,17H,4-5,10-13H2,1-3H3. The van der Waals surface area contributed by atoms with Crippen LogP contribution in [0.15, 0.2) is 24.3 Å². The zero-order valence-electron chi connectivity index (χ0n) is 12.8. The zero-order valence-corrected chi connectivity index (χ0v) is 12.8. The van der Waals surface area contributed by atoms with Crippen molar-refractivity contribution in [3.63, 3.8) is 0 Å². The highest BCUT2D eigenvalue weighted by Gasteiger charge is 2.07. The van der Waals surface area contributed by atoms with Gasteiger partial charge in [-0.1, -0.05) is 31.5 Å². The van der Waals surface area contributed by atoms with Gasteiger partial charge in [-0.25, -0.2) is 0 Å². The zero-order chi connectivity index (χ0) is 14.8. The molecule has 1 aromatic carbocycles. The van der Waals surface area contributed by atoms with Gasteiger partial charge in [0, 0.05) is 13.6 Å². The van der Waals surface area contributed by atoms with Gasteiger partial charge in [0.2, 0.25) is 5.91 Å². The van der Waals surface area contributed by atoms with E-state index < -0.39 is 0 Å². The number of benzene rings is 1. The average molecular weight is 278 g/mol. The number of hydrogen-bond donors (Lipinski definition) is 1. The summed E-state index contributed by atoms with van der Waals surface area (Å²) in [5.41, 5.74) is 1.16. The fraction of sp³-hybridized carbons (Fsp3) is 0.562. The highest BCUT2D eigenvalue weighted by atomic mass is 16.5. The van der Waals surface area contributed by atoms with Crippen LogP contribution in [0, 0.1) is 0 Å². The number of likely N-dealkylation sites (N-methyl/N-ethyl adjacent to an activating group) is 1. The van der Waals surface area contributed by atoms with E-state index in [4.69, 9.17) is 4.74 Å². The van der Waals surface area contributed by atoms with Crippen LogP contribution in [0.5, 0.6) is 5.75 Å². The van der Waals surface area contributed by atoms with Crippen molar-refractivity contribution in [1.82, 2.24) is 10.2 Å². The van der Waals surface area contributed by atoms with E-state index in [1.165, 1.54) is 0 Å². The minimum Gasteiger partial charge on any atom is -0.496 e. The summed E-state index contributed by atoms with van der Waals surface area (Å²) in [6, 6.07) is 7.97. The largest absolute Gasteiger partial charge is 0.496 e. The SMILES string of the molecule is CCCCN(C)C(=O)CNCCc1ccccc1OC. The molecule has 4 nitrogen and oxygen atoms in total. The van der Waals surface area contributed by atoms with Gasteiger partial charge in [-0.2, -0.15) is 0 Å². The van der Waals surface area contributed by atoms with Gasteiger partial charge in [0.15, 0.2) is 0 Å². The minimum absolute atomic E-state index is 0.151. The third-order valence-corrected chi connectivity index (χ3v) is 3.31. The molecule has 1 amide bonds. The molecule has 0 saturated heterocycles. The van der Waals surface area contributed by atoms with Gasteiger partial charge in [0.25, 0.3) is 0 Å². The minimum atomic E-state index is 0.151. The lowest BCUT2D eigenvalue weighted by Gasteiger charge is -2.17. The van der Waals surface area contributed by atoms with Crippen molar-refractivity contribution in [2.24, 2.45) is 0 Å². The van der Waals surface area contributed by atoms with Crippen LogP contribution in [0.4, 0.5) is 0 Å². The molecule has 4 heteroatoms. The first-order chi connectivity index (χ1) is 9.69. The van der Waals surface area contributed by atoms with Crippen LogP contribution in [0.3, 0.4) is 0 Å². The van der Waals surface area contributed by atoms with Gasteiger partial charge >= 0.3 is 0 Å². The van der Waals surface area contributed by atoms with E-state index >= 15 is 0 Å². The maximum Gasteiger partial charge on any atom is 0.236 e. The number of nitrogens with zero attached hydrogens (tertiary/aromatic N) is 1. The van der Waals surface area contributed by atoms with E-state index in [0.29, 0.717) is 6.54 Å². The molecular weight excluding hydrogens is 252 g/mol. The molecule has 1 rings (SSSR count). The predicted octanol–water partition coefficient (Wildman–Crippen LogP) is 2.09. The molecule has 1 N–H and O–H groups in total. The van der Waals surface area contributed by atoms with Crippen molar-refractivity contribution in [2.45, 2.75) is 26.2 Å². The monoisotopic (exact) mass is 278 g/mol. The number of hydrogen-bond acceptors (Lipinski definition) is 3. The number of amides is 1. The molecule has 0 bridgehead atoms. The van der Waals surface area contributed by atoms with Crippen molar-refractivity contribution in [3.8, 4) is 5.75 Å². The van der Waals surface area contributed by atoms with Crippen LogP contribution >= 0.6 is 0 Å². The van der Waals surface area contributed by atoms with Crippen molar-refractivity contribution < 1.29 is 9.53 Å². The summed E-state index contributed by atoms with van der Waals surface area (Å²) in [4.78, 5) is 13.6. The summed E-state index contributed by atoms with van der Waals surface area (Å²) < 4.78 is 5.30. The fourth-order valence-corrected chi connectivity index (χ4v) is 1.98. The maximum atomic E-state index is 11.8. The Labute approximate surface area is 122 Å². The van der Waals surface area contributed by atoms with Gasteiger partial charge < -0.3 is 15.0 Å². The maximum absolute atomic E-state index is 11.8. The predicted molar refractivity (Wildman–Crippen MR) is 82.1 cm³/mol. The van der Waals surface area contributed by atoms with Gasteiger partial charge in [-0.3, -0.25) is 4.79 Å². The van der Waals surface area contributed by atoms with Gasteiger partial charge in [0.05, 0.1) is 13.7 Å². The van der Waals surface area contributed by atoms with Crippen LogP contribution in [-0.4, -0.2) is 44.6 Å². The van der Waals surface area contributed by atoms with Crippen LogP contribution in [0.25, 0.3) is 0 Å². The highest BCUT2D eigenvalue weighted by molar-refractivity contribution is 5.77. The number of methoxy groups -OCH3 is 1. The molecule has 0 atom stereocenters. The second-order valence-corrected chi connectivity index (χ2v) is 4.91. The smallest absolute Gasteiger partial charge is 0.236 e. The number of carbonyl (C=O) groups excluding carboxylic acids is 1. The Morgan fingerprint density at radius 2 is 2.10 bits per heavy atom. The summed E-state index contributed by atoms with van der Waals surface area (Å²) in [6.07, 6.45) is 3.03. The van der Waals surface area contributed by atoms with E-state index in [-0.39, 0.29) is 5.91 Å². The average Bonchev–Trinajstić information content (AvgIpc) is 2.49. The van der Waals surface area contributed by atoms with E-state index in [1.807, 2.05) is 25.2 Å². The molecular formula is C16H26N2O2. The molecule has 20 heavy (non-hydrogen) atoms. The topological polar surface area (TPSA) is 41.6 Å².